The molecule has 2 N–H and O–H groups in total. The third-order valence-electron chi connectivity index (χ3n) is 2.59. The number of thiophene rings is 1. The smallest absolute Gasteiger partial charge is 0.115 e. The highest BCUT2D eigenvalue weighted by molar-refractivity contribution is 9.10. The molecule has 0 radical (unpaired) electrons. The molecule has 0 saturated heterocycles. The van der Waals surface area contributed by atoms with Crippen LogP contribution in [0.3, 0.4) is 0 Å². The van der Waals surface area contributed by atoms with Crippen LogP contribution >= 0.6 is 27.3 Å². The van der Waals surface area contributed by atoms with E-state index in [0.717, 1.165) is 11.0 Å². The van der Waals surface area contributed by atoms with Gasteiger partial charge in [-0.1, -0.05) is 12.1 Å². The van der Waals surface area contributed by atoms with Crippen LogP contribution < -0.4 is 5.32 Å². The monoisotopic (exact) mass is 311 g/mol. The molecular weight excluding hydrogens is 298 g/mol. The number of nitrogens with one attached hydrogen (secondary N) is 1. The van der Waals surface area contributed by atoms with Gasteiger partial charge in [-0.25, -0.2) is 0 Å². The van der Waals surface area contributed by atoms with Gasteiger partial charge in [-0.3, -0.25) is 0 Å². The SMILES string of the molecule is CC(NCc1ccc(O)cc1)c1sccc1Br. The van der Waals surface area contributed by atoms with Gasteiger partial charge >= 0.3 is 0 Å². The molecule has 0 aliphatic heterocycles. The van der Waals surface area contributed by atoms with E-state index in [1.165, 1.54) is 10.4 Å². The Hall–Kier alpha value is -0.840. The molecule has 1 unspecified atom stereocenters. The lowest BCUT2D eigenvalue weighted by Gasteiger charge is -2.13. The van der Waals surface area contributed by atoms with Crippen LogP contribution in [0.15, 0.2) is 40.2 Å². The minimum absolute atomic E-state index is 0.308. The summed E-state index contributed by atoms with van der Waals surface area (Å²) in [6.07, 6.45) is 0. The van der Waals surface area contributed by atoms with Gasteiger partial charge in [-0.2, -0.15) is 0 Å². The van der Waals surface area contributed by atoms with Crippen LogP contribution in [0.2, 0.25) is 0 Å². The highest BCUT2D eigenvalue weighted by atomic mass is 79.9. The van der Waals surface area contributed by atoms with E-state index in [1.54, 1.807) is 23.5 Å². The van der Waals surface area contributed by atoms with Crippen molar-refractivity contribution in [1.82, 2.24) is 5.32 Å². The van der Waals surface area contributed by atoms with Gasteiger partial charge in [0.2, 0.25) is 0 Å². The van der Waals surface area contributed by atoms with E-state index >= 15 is 0 Å². The fourth-order valence-electron chi connectivity index (χ4n) is 1.59. The van der Waals surface area contributed by atoms with Crippen LogP contribution in [0.5, 0.6) is 5.75 Å². The maximum Gasteiger partial charge on any atom is 0.115 e. The average Bonchev–Trinajstić information content (AvgIpc) is 2.74. The number of hydrogen-bond donors (Lipinski definition) is 2. The number of aromatic hydroxyl groups is 1. The van der Waals surface area contributed by atoms with Gasteiger partial charge in [-0.05, 0) is 52.0 Å². The van der Waals surface area contributed by atoms with Gasteiger partial charge in [0.15, 0.2) is 0 Å². The fraction of sp³-hybridized carbons (Fsp3) is 0.231. The van der Waals surface area contributed by atoms with E-state index in [0.29, 0.717) is 11.8 Å². The van der Waals surface area contributed by atoms with E-state index in [-0.39, 0.29) is 0 Å². The van der Waals surface area contributed by atoms with Gasteiger partial charge in [0.25, 0.3) is 0 Å². The number of halogens is 1. The van der Waals surface area contributed by atoms with E-state index in [4.69, 9.17) is 0 Å². The minimum atomic E-state index is 0.308. The van der Waals surface area contributed by atoms with Gasteiger partial charge in [0, 0.05) is 21.9 Å². The van der Waals surface area contributed by atoms with Crippen LogP contribution in [-0.2, 0) is 6.54 Å². The van der Waals surface area contributed by atoms with Crippen molar-refractivity contribution in [3.05, 3.63) is 50.6 Å². The number of rotatable bonds is 4. The normalized spacial score (nSPS) is 12.6. The molecule has 2 aromatic rings. The lowest BCUT2D eigenvalue weighted by atomic mass is 10.2. The van der Waals surface area contributed by atoms with Crippen molar-refractivity contribution in [3.8, 4) is 5.75 Å². The second-order valence-electron chi connectivity index (χ2n) is 3.90. The van der Waals surface area contributed by atoms with Crippen molar-refractivity contribution < 1.29 is 5.11 Å². The maximum atomic E-state index is 9.20. The Bertz CT molecular complexity index is 480. The Morgan fingerprint density at radius 1 is 1.29 bits per heavy atom. The standard InChI is InChI=1S/C13H14BrNOS/c1-9(13-12(14)6-7-17-13)15-8-10-2-4-11(16)5-3-10/h2-7,9,15-16H,8H2,1H3. The number of phenolic OH excluding ortho intramolecular Hbond substituents is 1. The second kappa shape index (κ2) is 5.67. The molecule has 17 heavy (non-hydrogen) atoms. The second-order valence-corrected chi connectivity index (χ2v) is 5.70. The molecule has 0 bridgehead atoms. The van der Waals surface area contributed by atoms with Crippen molar-refractivity contribution in [3.63, 3.8) is 0 Å². The molecule has 0 aliphatic carbocycles. The molecule has 1 aromatic carbocycles. The molecule has 4 heteroatoms. The molecule has 0 amide bonds. The summed E-state index contributed by atoms with van der Waals surface area (Å²) in [6.45, 7) is 2.95. The average molecular weight is 312 g/mol. The Balaban J connectivity index is 1.94. The van der Waals surface area contributed by atoms with E-state index in [1.807, 2.05) is 12.1 Å². The van der Waals surface area contributed by atoms with Gasteiger partial charge in [0.05, 0.1) is 0 Å². The highest BCUT2D eigenvalue weighted by Gasteiger charge is 2.09. The fourth-order valence-corrected chi connectivity index (χ4v) is 3.34. The molecule has 1 aromatic heterocycles. The summed E-state index contributed by atoms with van der Waals surface area (Å²) in [5.74, 6) is 0.308. The number of phenols is 1. The van der Waals surface area contributed by atoms with E-state index in [2.05, 4.69) is 39.6 Å². The highest BCUT2D eigenvalue weighted by Crippen LogP contribution is 2.28. The first kappa shape index (κ1) is 12.6. The minimum Gasteiger partial charge on any atom is -0.508 e. The first-order valence-corrected chi connectivity index (χ1v) is 7.08. The van der Waals surface area contributed by atoms with Crippen LogP contribution in [0.1, 0.15) is 23.4 Å². The first-order chi connectivity index (χ1) is 8.16. The quantitative estimate of drug-likeness (QED) is 0.892. The van der Waals surface area contributed by atoms with E-state index < -0.39 is 0 Å². The largest absolute Gasteiger partial charge is 0.508 e. The van der Waals surface area contributed by atoms with Crippen molar-refractivity contribution in [1.29, 1.82) is 0 Å². The Morgan fingerprint density at radius 2 is 2.00 bits per heavy atom. The molecule has 2 rings (SSSR count). The lowest BCUT2D eigenvalue weighted by Crippen LogP contribution is -2.17. The number of hydrogen-bond acceptors (Lipinski definition) is 3. The predicted molar refractivity (Wildman–Crippen MR) is 75.4 cm³/mol. The third kappa shape index (κ3) is 3.31. The summed E-state index contributed by atoms with van der Waals surface area (Å²) >= 11 is 5.29. The Labute approximate surface area is 113 Å². The molecule has 2 nitrogen and oxygen atoms in total. The van der Waals surface area contributed by atoms with Crippen molar-refractivity contribution >= 4 is 27.3 Å². The zero-order valence-corrected chi connectivity index (χ0v) is 11.9. The summed E-state index contributed by atoms with van der Waals surface area (Å²) < 4.78 is 1.16. The molecule has 90 valence electrons. The van der Waals surface area contributed by atoms with Gasteiger partial charge < -0.3 is 10.4 Å². The molecule has 0 aliphatic rings. The zero-order chi connectivity index (χ0) is 12.3. The van der Waals surface area contributed by atoms with Crippen molar-refractivity contribution in [2.45, 2.75) is 19.5 Å². The topological polar surface area (TPSA) is 32.3 Å². The number of benzene rings is 1. The van der Waals surface area contributed by atoms with Crippen LogP contribution in [0.4, 0.5) is 0 Å². The maximum absolute atomic E-state index is 9.20. The summed E-state index contributed by atoms with van der Waals surface area (Å²) in [5, 5.41) is 14.7. The zero-order valence-electron chi connectivity index (χ0n) is 9.48. The summed E-state index contributed by atoms with van der Waals surface area (Å²) in [6, 6.07) is 9.67. The molecule has 0 spiro atoms. The predicted octanol–water partition coefficient (Wildman–Crippen LogP) is 4.07. The van der Waals surface area contributed by atoms with Crippen LogP contribution in [0, 0.1) is 0 Å². The van der Waals surface area contributed by atoms with Crippen LogP contribution in [0.25, 0.3) is 0 Å². The van der Waals surface area contributed by atoms with Crippen LogP contribution in [-0.4, -0.2) is 5.11 Å². The van der Waals surface area contributed by atoms with Crippen molar-refractivity contribution in [2.24, 2.45) is 0 Å². The van der Waals surface area contributed by atoms with Gasteiger partial charge in [0.1, 0.15) is 5.75 Å². The molecule has 1 heterocycles. The Kier molecular flexibility index (Phi) is 4.20. The lowest BCUT2D eigenvalue weighted by molar-refractivity contribution is 0.475. The molecular formula is C13H14BrNOS. The summed E-state index contributed by atoms with van der Waals surface area (Å²) in [5.41, 5.74) is 1.17. The van der Waals surface area contributed by atoms with Crippen molar-refractivity contribution in [2.75, 3.05) is 0 Å². The molecule has 0 fully saturated rings. The Morgan fingerprint density at radius 3 is 2.59 bits per heavy atom. The summed E-state index contributed by atoms with van der Waals surface area (Å²) in [7, 11) is 0. The van der Waals surface area contributed by atoms with Gasteiger partial charge in [-0.15, -0.1) is 11.3 Å². The third-order valence-corrected chi connectivity index (χ3v) is 4.64. The summed E-state index contributed by atoms with van der Waals surface area (Å²) in [4.78, 5) is 1.31. The molecule has 0 saturated carbocycles. The van der Waals surface area contributed by atoms with E-state index in [9.17, 15) is 5.11 Å². The molecule has 1 atom stereocenters. The first-order valence-electron chi connectivity index (χ1n) is 5.41.